The number of aryl methyl sites for hydroxylation is 1. The van der Waals surface area contributed by atoms with E-state index in [1.165, 1.54) is 18.6 Å². The normalized spacial score (nSPS) is 16.6. The van der Waals surface area contributed by atoms with Crippen LogP contribution >= 0.6 is 0 Å². The van der Waals surface area contributed by atoms with Crippen molar-refractivity contribution in [2.75, 3.05) is 6.61 Å². The third-order valence-electron chi connectivity index (χ3n) is 3.57. The highest BCUT2D eigenvalue weighted by Gasteiger charge is 2.21. The van der Waals surface area contributed by atoms with Crippen LogP contribution in [0.3, 0.4) is 0 Å². The highest BCUT2D eigenvalue weighted by atomic mass is 19.1. The Balaban J connectivity index is 1.88. The molecule has 0 unspecified atom stereocenters. The molecule has 0 aromatic heterocycles. The monoisotopic (exact) mass is 250 g/mol. The number of benzene rings is 1. The molecule has 0 spiro atoms. The lowest BCUT2D eigenvalue weighted by Crippen LogP contribution is -2.23. The second kappa shape index (κ2) is 5.98. The van der Waals surface area contributed by atoms with E-state index in [0.29, 0.717) is 5.75 Å². The molecule has 1 aliphatic rings. The summed E-state index contributed by atoms with van der Waals surface area (Å²) in [6.45, 7) is 1.89. The van der Waals surface area contributed by atoms with Crippen molar-refractivity contribution in [3.05, 3.63) is 29.6 Å². The van der Waals surface area contributed by atoms with E-state index in [1.807, 2.05) is 0 Å². The van der Waals surface area contributed by atoms with Crippen LogP contribution in [0.4, 0.5) is 4.39 Å². The van der Waals surface area contributed by atoms with Crippen LogP contribution in [0.25, 0.3) is 0 Å². The summed E-state index contributed by atoms with van der Waals surface area (Å²) in [5.41, 5.74) is 0.728. The fraction of sp³-hybridized carbons (Fsp3) is 0.533. The lowest BCUT2D eigenvalue weighted by molar-refractivity contribution is -0.125. The zero-order valence-corrected chi connectivity index (χ0v) is 10.7. The Hall–Kier alpha value is -1.38. The van der Waals surface area contributed by atoms with Gasteiger partial charge in [-0.25, -0.2) is 4.39 Å². The van der Waals surface area contributed by atoms with Gasteiger partial charge in [-0.05, 0) is 43.5 Å². The van der Waals surface area contributed by atoms with Crippen molar-refractivity contribution in [1.29, 1.82) is 0 Å². The van der Waals surface area contributed by atoms with E-state index in [-0.39, 0.29) is 24.1 Å². The molecule has 0 atom stereocenters. The van der Waals surface area contributed by atoms with E-state index in [2.05, 4.69) is 0 Å². The zero-order valence-electron chi connectivity index (χ0n) is 10.7. The molecule has 3 heteroatoms. The minimum Gasteiger partial charge on any atom is -0.486 e. The molecule has 2 rings (SSSR count). The molecule has 0 bridgehead atoms. The van der Waals surface area contributed by atoms with Gasteiger partial charge >= 0.3 is 0 Å². The van der Waals surface area contributed by atoms with Crippen LogP contribution in [0.2, 0.25) is 0 Å². The molecular weight excluding hydrogens is 231 g/mol. The molecule has 0 N–H and O–H groups in total. The van der Waals surface area contributed by atoms with Crippen molar-refractivity contribution in [2.45, 2.75) is 39.0 Å². The van der Waals surface area contributed by atoms with Crippen LogP contribution in [0.5, 0.6) is 5.75 Å². The van der Waals surface area contributed by atoms with Gasteiger partial charge in [-0.1, -0.05) is 19.3 Å². The first-order valence-electron chi connectivity index (χ1n) is 6.58. The number of carbonyl (C=O) groups is 1. The van der Waals surface area contributed by atoms with Crippen molar-refractivity contribution < 1.29 is 13.9 Å². The molecule has 0 saturated heterocycles. The highest BCUT2D eigenvalue weighted by molar-refractivity contribution is 5.82. The minimum atomic E-state index is -0.279. The molecule has 1 saturated carbocycles. The number of ether oxygens (including phenoxy) is 1. The molecule has 2 nitrogen and oxygen atoms in total. The smallest absolute Gasteiger partial charge is 0.173 e. The summed E-state index contributed by atoms with van der Waals surface area (Å²) in [6.07, 6.45) is 5.51. The maximum Gasteiger partial charge on any atom is 0.173 e. The maximum absolute atomic E-state index is 12.9. The first-order chi connectivity index (χ1) is 8.66. The summed E-state index contributed by atoms with van der Waals surface area (Å²) in [4.78, 5) is 12.0. The Labute approximate surface area is 107 Å². The molecule has 1 fully saturated rings. The van der Waals surface area contributed by atoms with Gasteiger partial charge in [0.05, 0.1) is 0 Å². The number of carbonyl (C=O) groups excluding carboxylic acids is 1. The van der Waals surface area contributed by atoms with Crippen LogP contribution in [0, 0.1) is 18.7 Å². The van der Waals surface area contributed by atoms with E-state index < -0.39 is 0 Å². The summed E-state index contributed by atoms with van der Waals surface area (Å²) in [6, 6.07) is 4.35. The second-order valence-electron chi connectivity index (χ2n) is 5.00. The fourth-order valence-electron chi connectivity index (χ4n) is 2.47. The molecule has 18 heavy (non-hydrogen) atoms. The van der Waals surface area contributed by atoms with Gasteiger partial charge in [-0.3, -0.25) is 4.79 Å². The third kappa shape index (κ3) is 3.31. The molecule has 0 amide bonds. The van der Waals surface area contributed by atoms with E-state index in [9.17, 15) is 9.18 Å². The summed E-state index contributed by atoms with van der Waals surface area (Å²) in [7, 11) is 0. The van der Waals surface area contributed by atoms with Crippen LogP contribution in [0.15, 0.2) is 18.2 Å². The first kappa shape index (κ1) is 13.1. The van der Waals surface area contributed by atoms with E-state index in [1.54, 1.807) is 13.0 Å². The van der Waals surface area contributed by atoms with Crippen molar-refractivity contribution in [2.24, 2.45) is 5.92 Å². The highest BCUT2D eigenvalue weighted by Crippen LogP contribution is 2.25. The predicted molar refractivity (Wildman–Crippen MR) is 68.2 cm³/mol. The second-order valence-corrected chi connectivity index (χ2v) is 5.00. The number of hydrogen-bond donors (Lipinski definition) is 0. The number of hydrogen-bond acceptors (Lipinski definition) is 2. The lowest BCUT2D eigenvalue weighted by Gasteiger charge is -2.20. The zero-order chi connectivity index (χ0) is 13.0. The van der Waals surface area contributed by atoms with Gasteiger partial charge < -0.3 is 4.74 Å². The first-order valence-corrected chi connectivity index (χ1v) is 6.58. The number of halogens is 1. The molecule has 1 aromatic rings. The van der Waals surface area contributed by atoms with Crippen molar-refractivity contribution in [1.82, 2.24) is 0 Å². The molecule has 0 aliphatic heterocycles. The van der Waals surface area contributed by atoms with Gasteiger partial charge in [0.15, 0.2) is 5.78 Å². The molecular formula is C15H19FO2. The Morgan fingerprint density at radius 2 is 2.06 bits per heavy atom. The van der Waals surface area contributed by atoms with E-state index >= 15 is 0 Å². The van der Waals surface area contributed by atoms with Gasteiger partial charge in [0.2, 0.25) is 0 Å². The van der Waals surface area contributed by atoms with Gasteiger partial charge in [-0.15, -0.1) is 0 Å². The number of Topliss-reactive ketones (excluding diaryl/α,β-unsaturated/α-hetero) is 1. The quantitative estimate of drug-likeness (QED) is 0.815. The van der Waals surface area contributed by atoms with Crippen LogP contribution < -0.4 is 4.74 Å². The predicted octanol–water partition coefficient (Wildman–Crippen LogP) is 3.66. The Morgan fingerprint density at radius 3 is 2.72 bits per heavy atom. The number of ketones is 1. The Kier molecular flexibility index (Phi) is 4.34. The topological polar surface area (TPSA) is 26.3 Å². The van der Waals surface area contributed by atoms with Gasteiger partial charge in [-0.2, -0.15) is 0 Å². The van der Waals surface area contributed by atoms with E-state index in [4.69, 9.17) is 4.74 Å². The van der Waals surface area contributed by atoms with Crippen LogP contribution in [-0.2, 0) is 4.79 Å². The summed E-state index contributed by atoms with van der Waals surface area (Å²) >= 11 is 0. The largest absolute Gasteiger partial charge is 0.486 e. The lowest BCUT2D eigenvalue weighted by atomic mass is 9.86. The molecule has 1 aromatic carbocycles. The number of rotatable bonds is 4. The van der Waals surface area contributed by atoms with Crippen molar-refractivity contribution in [3.8, 4) is 5.75 Å². The molecule has 0 radical (unpaired) electrons. The van der Waals surface area contributed by atoms with Gasteiger partial charge in [0.1, 0.15) is 18.2 Å². The molecule has 1 aliphatic carbocycles. The average molecular weight is 250 g/mol. The fourth-order valence-corrected chi connectivity index (χ4v) is 2.47. The summed E-state index contributed by atoms with van der Waals surface area (Å²) in [5, 5.41) is 0. The van der Waals surface area contributed by atoms with Crippen molar-refractivity contribution >= 4 is 5.78 Å². The SMILES string of the molecule is Cc1cc(F)ccc1OCC(=O)C1CCCCC1. The van der Waals surface area contributed by atoms with Crippen LogP contribution in [0.1, 0.15) is 37.7 Å². The minimum absolute atomic E-state index is 0.108. The van der Waals surface area contributed by atoms with Gasteiger partial charge in [0.25, 0.3) is 0 Å². The summed E-state index contributed by atoms with van der Waals surface area (Å²) in [5.74, 6) is 0.664. The maximum atomic E-state index is 12.9. The molecule has 0 heterocycles. The Morgan fingerprint density at radius 1 is 1.33 bits per heavy atom. The van der Waals surface area contributed by atoms with Gasteiger partial charge in [0, 0.05) is 5.92 Å². The Bertz CT molecular complexity index is 423. The van der Waals surface area contributed by atoms with E-state index in [0.717, 1.165) is 31.2 Å². The standard InChI is InChI=1S/C15H19FO2/c1-11-9-13(16)7-8-15(11)18-10-14(17)12-5-3-2-4-6-12/h7-9,12H,2-6,10H2,1H3. The summed E-state index contributed by atoms with van der Waals surface area (Å²) < 4.78 is 18.4. The molecule has 98 valence electrons. The van der Waals surface area contributed by atoms with Crippen LogP contribution in [-0.4, -0.2) is 12.4 Å². The average Bonchev–Trinajstić information content (AvgIpc) is 2.38. The van der Waals surface area contributed by atoms with Crippen molar-refractivity contribution in [3.63, 3.8) is 0 Å². The third-order valence-corrected chi connectivity index (χ3v) is 3.57.